The minimum atomic E-state index is -4.40. The van der Waals surface area contributed by atoms with Crippen LogP contribution in [0.4, 0.5) is 13.2 Å². The van der Waals surface area contributed by atoms with Crippen LogP contribution in [0.3, 0.4) is 0 Å². The summed E-state index contributed by atoms with van der Waals surface area (Å²) in [7, 11) is 0. The molecule has 17 heavy (non-hydrogen) atoms. The molecule has 7 heteroatoms. The number of hydrogen-bond acceptors (Lipinski definition) is 2. The summed E-state index contributed by atoms with van der Waals surface area (Å²) < 4.78 is 43.7. The Labute approximate surface area is 111 Å². The summed E-state index contributed by atoms with van der Waals surface area (Å²) in [5.41, 5.74) is 4.21. The van der Waals surface area contributed by atoms with Crippen LogP contribution in [0.1, 0.15) is 11.1 Å². The SMILES string of the molecule is Cl.NC1(c2ccc(Br)cc2C(F)(F)F)COC1. The van der Waals surface area contributed by atoms with Crippen LogP contribution in [0.2, 0.25) is 0 Å². The number of alkyl halides is 3. The van der Waals surface area contributed by atoms with Gasteiger partial charge in [-0.05, 0) is 17.7 Å². The fraction of sp³-hybridized carbons (Fsp3) is 0.400. The first-order valence-corrected chi connectivity index (χ1v) is 5.36. The zero-order valence-corrected chi connectivity index (χ0v) is 11.0. The van der Waals surface area contributed by atoms with Gasteiger partial charge < -0.3 is 10.5 Å². The summed E-state index contributed by atoms with van der Waals surface area (Å²) in [5.74, 6) is 0. The minimum Gasteiger partial charge on any atom is -0.377 e. The first-order valence-electron chi connectivity index (χ1n) is 4.57. The Morgan fingerprint density at radius 2 is 1.88 bits per heavy atom. The van der Waals surface area contributed by atoms with Gasteiger partial charge in [-0.2, -0.15) is 13.2 Å². The number of rotatable bonds is 1. The van der Waals surface area contributed by atoms with Crippen molar-refractivity contribution in [3.8, 4) is 0 Å². The van der Waals surface area contributed by atoms with E-state index in [0.717, 1.165) is 6.07 Å². The van der Waals surface area contributed by atoms with Gasteiger partial charge in [-0.3, -0.25) is 0 Å². The van der Waals surface area contributed by atoms with Crippen LogP contribution < -0.4 is 5.73 Å². The highest BCUT2D eigenvalue weighted by Gasteiger charge is 2.43. The molecular weight excluding hydrogens is 322 g/mol. The Hall–Kier alpha value is -0.300. The van der Waals surface area contributed by atoms with Crippen LogP contribution in [0.25, 0.3) is 0 Å². The maximum absolute atomic E-state index is 12.8. The van der Waals surface area contributed by atoms with Gasteiger partial charge in [-0.15, -0.1) is 12.4 Å². The number of ether oxygens (including phenoxy) is 1. The van der Waals surface area contributed by atoms with Gasteiger partial charge in [0.1, 0.15) is 0 Å². The predicted molar refractivity (Wildman–Crippen MR) is 63.1 cm³/mol. The summed E-state index contributed by atoms with van der Waals surface area (Å²) in [6, 6.07) is 4.00. The number of hydrogen-bond donors (Lipinski definition) is 1. The van der Waals surface area contributed by atoms with Crippen molar-refractivity contribution >= 4 is 28.3 Å². The summed E-state index contributed by atoms with van der Waals surface area (Å²) >= 11 is 3.02. The van der Waals surface area contributed by atoms with E-state index in [-0.39, 0.29) is 31.2 Å². The highest BCUT2D eigenvalue weighted by atomic mass is 79.9. The van der Waals surface area contributed by atoms with E-state index < -0.39 is 17.3 Å². The van der Waals surface area contributed by atoms with E-state index in [0.29, 0.717) is 4.47 Å². The Morgan fingerprint density at radius 3 is 2.29 bits per heavy atom. The van der Waals surface area contributed by atoms with E-state index in [9.17, 15) is 13.2 Å². The molecule has 1 saturated heterocycles. The van der Waals surface area contributed by atoms with Crippen LogP contribution >= 0.6 is 28.3 Å². The van der Waals surface area contributed by atoms with Gasteiger partial charge in [0.05, 0.1) is 24.3 Å². The van der Waals surface area contributed by atoms with Crippen molar-refractivity contribution in [2.45, 2.75) is 11.7 Å². The Bertz CT molecular complexity index is 421. The average Bonchev–Trinajstić information content (AvgIpc) is 2.13. The van der Waals surface area contributed by atoms with Gasteiger partial charge in [-0.25, -0.2) is 0 Å². The number of nitrogens with two attached hydrogens (primary N) is 1. The third kappa shape index (κ3) is 2.76. The van der Waals surface area contributed by atoms with Gasteiger partial charge in [0.2, 0.25) is 0 Å². The van der Waals surface area contributed by atoms with Crippen LogP contribution in [-0.4, -0.2) is 13.2 Å². The average molecular weight is 333 g/mol. The molecule has 0 radical (unpaired) electrons. The Morgan fingerprint density at radius 1 is 1.29 bits per heavy atom. The van der Waals surface area contributed by atoms with Crippen LogP contribution in [-0.2, 0) is 16.5 Å². The molecule has 1 heterocycles. The molecule has 0 amide bonds. The standard InChI is InChI=1S/C10H9BrF3NO.ClH/c11-6-1-2-7(9(15)4-16-5-9)8(3-6)10(12,13)14;/h1-3H,4-5,15H2;1H. The van der Waals surface area contributed by atoms with E-state index in [2.05, 4.69) is 15.9 Å². The summed E-state index contributed by atoms with van der Waals surface area (Å²) in [5, 5.41) is 0. The fourth-order valence-electron chi connectivity index (χ4n) is 1.66. The molecule has 1 aromatic carbocycles. The third-order valence-electron chi connectivity index (χ3n) is 2.54. The summed E-state index contributed by atoms with van der Waals surface area (Å²) in [6.07, 6.45) is -4.40. The lowest BCUT2D eigenvalue weighted by molar-refractivity contribution is -0.141. The van der Waals surface area contributed by atoms with E-state index in [1.54, 1.807) is 6.07 Å². The van der Waals surface area contributed by atoms with Gasteiger partial charge in [0, 0.05) is 4.47 Å². The Balaban J connectivity index is 0.00000144. The lowest BCUT2D eigenvalue weighted by Crippen LogP contribution is -2.55. The normalized spacial score (nSPS) is 18.2. The molecule has 1 fully saturated rings. The van der Waals surface area contributed by atoms with Crippen LogP contribution in [0.5, 0.6) is 0 Å². The molecule has 2 N–H and O–H groups in total. The van der Waals surface area contributed by atoms with Crippen molar-refractivity contribution in [1.29, 1.82) is 0 Å². The molecule has 0 unspecified atom stereocenters. The Kier molecular flexibility index (Phi) is 4.13. The molecule has 96 valence electrons. The molecule has 2 nitrogen and oxygen atoms in total. The fourth-order valence-corrected chi connectivity index (χ4v) is 2.02. The van der Waals surface area contributed by atoms with Crippen molar-refractivity contribution in [3.05, 3.63) is 33.8 Å². The van der Waals surface area contributed by atoms with Gasteiger partial charge in [-0.1, -0.05) is 22.0 Å². The molecule has 1 aromatic rings. The van der Waals surface area contributed by atoms with Crippen molar-refractivity contribution in [3.63, 3.8) is 0 Å². The molecule has 2 rings (SSSR count). The zero-order chi connectivity index (χ0) is 12.0. The molecule has 0 atom stereocenters. The van der Waals surface area contributed by atoms with Gasteiger partial charge in [0.15, 0.2) is 0 Å². The summed E-state index contributed by atoms with van der Waals surface area (Å²) in [4.78, 5) is 0. The number of halogens is 5. The van der Waals surface area contributed by atoms with Gasteiger partial charge >= 0.3 is 6.18 Å². The van der Waals surface area contributed by atoms with Crippen molar-refractivity contribution in [2.75, 3.05) is 13.2 Å². The lowest BCUT2D eigenvalue weighted by atomic mass is 9.85. The maximum atomic E-state index is 12.8. The van der Waals surface area contributed by atoms with Crippen molar-refractivity contribution < 1.29 is 17.9 Å². The van der Waals surface area contributed by atoms with Gasteiger partial charge in [0.25, 0.3) is 0 Å². The zero-order valence-electron chi connectivity index (χ0n) is 8.55. The summed E-state index contributed by atoms with van der Waals surface area (Å²) in [6.45, 7) is 0.245. The first kappa shape index (κ1) is 14.8. The largest absolute Gasteiger partial charge is 0.416 e. The first-order chi connectivity index (χ1) is 7.33. The molecule has 0 spiro atoms. The third-order valence-corrected chi connectivity index (χ3v) is 3.04. The second-order valence-electron chi connectivity index (χ2n) is 3.84. The second kappa shape index (κ2) is 4.76. The van der Waals surface area contributed by atoms with Crippen LogP contribution in [0, 0.1) is 0 Å². The highest BCUT2D eigenvalue weighted by molar-refractivity contribution is 9.10. The number of benzene rings is 1. The molecule has 0 aliphatic carbocycles. The van der Waals surface area contributed by atoms with E-state index in [1.807, 2.05) is 0 Å². The molecule has 0 bridgehead atoms. The van der Waals surface area contributed by atoms with E-state index in [1.165, 1.54) is 6.07 Å². The van der Waals surface area contributed by atoms with Crippen molar-refractivity contribution in [1.82, 2.24) is 0 Å². The quantitative estimate of drug-likeness (QED) is 0.858. The molecule has 1 aliphatic heterocycles. The predicted octanol–water partition coefficient (Wildman–Crippen LogP) is 3.07. The second-order valence-corrected chi connectivity index (χ2v) is 4.75. The molecular formula is C10H10BrClF3NO. The lowest BCUT2D eigenvalue weighted by Gasteiger charge is -2.39. The smallest absolute Gasteiger partial charge is 0.377 e. The molecule has 0 saturated carbocycles. The molecule has 0 aromatic heterocycles. The topological polar surface area (TPSA) is 35.2 Å². The monoisotopic (exact) mass is 331 g/mol. The minimum absolute atomic E-state index is 0. The maximum Gasteiger partial charge on any atom is 0.416 e. The highest BCUT2D eigenvalue weighted by Crippen LogP contribution is 2.39. The molecule has 1 aliphatic rings. The van der Waals surface area contributed by atoms with E-state index >= 15 is 0 Å². The van der Waals surface area contributed by atoms with Crippen LogP contribution in [0.15, 0.2) is 22.7 Å². The van der Waals surface area contributed by atoms with Crippen molar-refractivity contribution in [2.24, 2.45) is 5.73 Å². The van der Waals surface area contributed by atoms with E-state index in [4.69, 9.17) is 10.5 Å².